The number of rotatable bonds is 4. The summed E-state index contributed by atoms with van der Waals surface area (Å²) < 4.78 is 5.25. The van der Waals surface area contributed by atoms with Crippen molar-refractivity contribution in [3.8, 4) is 0 Å². The van der Waals surface area contributed by atoms with Crippen LogP contribution in [0.15, 0.2) is 0 Å². The van der Waals surface area contributed by atoms with Gasteiger partial charge in [0.2, 0.25) is 0 Å². The number of ether oxygens (including phenoxy) is 1. The van der Waals surface area contributed by atoms with Gasteiger partial charge in [0.25, 0.3) is 0 Å². The molecule has 0 atom stereocenters. The van der Waals surface area contributed by atoms with Crippen molar-refractivity contribution < 1.29 is 14.3 Å². The Kier molecular flexibility index (Phi) is 6.37. The van der Waals surface area contributed by atoms with Crippen LogP contribution < -0.4 is 0 Å². The van der Waals surface area contributed by atoms with Gasteiger partial charge in [0.05, 0.1) is 6.54 Å². The zero-order valence-electron chi connectivity index (χ0n) is 13.3. The van der Waals surface area contributed by atoms with Crippen molar-refractivity contribution in [2.24, 2.45) is 5.92 Å². The molecular formula is C15H27NO3S. The molecule has 0 unspecified atom stereocenters. The zero-order chi connectivity index (χ0) is 15.3. The molecule has 0 aromatic heterocycles. The minimum atomic E-state index is -0.523. The molecule has 0 aromatic carbocycles. The first-order valence-corrected chi connectivity index (χ1v) is 8.51. The molecule has 1 aliphatic carbocycles. The van der Waals surface area contributed by atoms with E-state index in [2.05, 4.69) is 6.26 Å². The van der Waals surface area contributed by atoms with Gasteiger partial charge >= 0.3 is 6.09 Å². The smallest absolute Gasteiger partial charge is 0.410 e. The van der Waals surface area contributed by atoms with Crippen molar-refractivity contribution in [1.29, 1.82) is 0 Å². The summed E-state index contributed by atoms with van der Waals surface area (Å²) in [6.45, 7) is 5.63. The van der Waals surface area contributed by atoms with Gasteiger partial charge < -0.3 is 9.64 Å². The molecular weight excluding hydrogens is 274 g/mol. The first-order chi connectivity index (χ1) is 9.23. The van der Waals surface area contributed by atoms with Crippen molar-refractivity contribution in [2.45, 2.75) is 57.3 Å². The average molecular weight is 301 g/mol. The van der Waals surface area contributed by atoms with E-state index in [-0.39, 0.29) is 18.2 Å². The lowest BCUT2D eigenvalue weighted by Crippen LogP contribution is -2.39. The first kappa shape index (κ1) is 17.3. The molecule has 1 amide bonds. The predicted octanol–water partition coefficient (Wildman–Crippen LogP) is 3.34. The van der Waals surface area contributed by atoms with E-state index < -0.39 is 11.7 Å². The number of carbonyl (C=O) groups is 2. The first-order valence-electron chi connectivity index (χ1n) is 7.22. The summed E-state index contributed by atoms with van der Waals surface area (Å²) in [7, 11) is 1.62. The Morgan fingerprint density at radius 3 is 2.20 bits per heavy atom. The Hall–Kier alpha value is -0.710. The van der Waals surface area contributed by atoms with Crippen LogP contribution in [0.2, 0.25) is 0 Å². The molecule has 116 valence electrons. The van der Waals surface area contributed by atoms with Gasteiger partial charge in [-0.25, -0.2) is 4.79 Å². The minimum absolute atomic E-state index is 0.114. The van der Waals surface area contributed by atoms with Gasteiger partial charge in [-0.05, 0) is 52.7 Å². The maximum atomic E-state index is 12.2. The second-order valence-corrected chi connectivity index (χ2v) is 7.65. The highest BCUT2D eigenvalue weighted by Gasteiger charge is 2.28. The van der Waals surface area contributed by atoms with Crippen LogP contribution in [0.25, 0.3) is 0 Å². The summed E-state index contributed by atoms with van der Waals surface area (Å²) in [6, 6.07) is 0. The largest absolute Gasteiger partial charge is 0.444 e. The van der Waals surface area contributed by atoms with E-state index in [0.717, 1.165) is 25.7 Å². The Bertz CT molecular complexity index is 344. The number of likely N-dealkylation sites (N-methyl/N-ethyl adjacent to an activating group) is 1. The van der Waals surface area contributed by atoms with Gasteiger partial charge in [-0.1, -0.05) is 0 Å². The molecule has 0 radical (unpaired) electrons. The summed E-state index contributed by atoms with van der Waals surface area (Å²) >= 11 is 1.89. The molecule has 5 heteroatoms. The van der Waals surface area contributed by atoms with Crippen molar-refractivity contribution in [1.82, 2.24) is 4.90 Å². The normalized spacial score (nSPS) is 23.2. The lowest BCUT2D eigenvalue weighted by atomic mass is 9.86. The molecule has 1 rings (SSSR count). The Balaban J connectivity index is 2.40. The van der Waals surface area contributed by atoms with Crippen LogP contribution >= 0.6 is 11.8 Å². The van der Waals surface area contributed by atoms with Crippen LogP contribution in [0.3, 0.4) is 0 Å². The predicted molar refractivity (Wildman–Crippen MR) is 83.1 cm³/mol. The molecule has 0 N–H and O–H groups in total. The molecule has 4 nitrogen and oxygen atoms in total. The maximum absolute atomic E-state index is 12.2. The highest BCUT2D eigenvalue weighted by Crippen LogP contribution is 2.31. The third-order valence-corrected chi connectivity index (χ3v) is 4.70. The Morgan fingerprint density at radius 1 is 1.20 bits per heavy atom. The van der Waals surface area contributed by atoms with Crippen LogP contribution in [0.5, 0.6) is 0 Å². The third-order valence-electron chi connectivity index (χ3n) is 3.56. The zero-order valence-corrected chi connectivity index (χ0v) is 14.1. The summed E-state index contributed by atoms with van der Waals surface area (Å²) in [6.07, 6.45) is 5.81. The van der Waals surface area contributed by atoms with E-state index in [1.165, 1.54) is 4.90 Å². The fourth-order valence-electron chi connectivity index (χ4n) is 2.39. The monoisotopic (exact) mass is 301 g/mol. The van der Waals surface area contributed by atoms with Gasteiger partial charge in [-0.3, -0.25) is 4.79 Å². The fraction of sp³-hybridized carbons (Fsp3) is 0.867. The number of hydrogen-bond acceptors (Lipinski definition) is 4. The maximum Gasteiger partial charge on any atom is 0.410 e. The van der Waals surface area contributed by atoms with Crippen LogP contribution in [0.1, 0.15) is 46.5 Å². The summed E-state index contributed by atoms with van der Waals surface area (Å²) in [5.74, 6) is 0.279. The van der Waals surface area contributed by atoms with Gasteiger partial charge in [-0.15, -0.1) is 0 Å². The molecule has 1 aliphatic rings. The van der Waals surface area contributed by atoms with Crippen molar-refractivity contribution in [2.75, 3.05) is 19.8 Å². The van der Waals surface area contributed by atoms with E-state index >= 15 is 0 Å². The van der Waals surface area contributed by atoms with Crippen molar-refractivity contribution in [3.63, 3.8) is 0 Å². The molecule has 1 saturated carbocycles. The number of hydrogen-bond donors (Lipinski definition) is 0. The third kappa shape index (κ3) is 5.73. The molecule has 0 saturated heterocycles. The quantitative estimate of drug-likeness (QED) is 0.799. The molecule has 0 bridgehead atoms. The molecule has 0 spiro atoms. The Labute approximate surface area is 126 Å². The number of nitrogens with zero attached hydrogens (tertiary/aromatic N) is 1. The van der Waals surface area contributed by atoms with E-state index in [1.54, 1.807) is 7.05 Å². The summed E-state index contributed by atoms with van der Waals surface area (Å²) in [5.41, 5.74) is -0.523. The highest BCUT2D eigenvalue weighted by molar-refractivity contribution is 7.99. The van der Waals surface area contributed by atoms with Gasteiger partial charge in [0, 0.05) is 18.2 Å². The summed E-state index contributed by atoms with van der Waals surface area (Å²) in [4.78, 5) is 25.4. The second-order valence-electron chi connectivity index (χ2n) is 6.51. The number of Topliss-reactive ketones (excluding diaryl/α,β-unsaturated/α-hetero) is 1. The molecule has 0 aliphatic heterocycles. The number of ketones is 1. The SMILES string of the molecule is CSC1CCC(C(=O)CN(C)C(=O)OC(C)(C)C)CC1. The van der Waals surface area contributed by atoms with E-state index in [4.69, 9.17) is 4.74 Å². The van der Waals surface area contributed by atoms with Gasteiger partial charge in [-0.2, -0.15) is 11.8 Å². The molecule has 1 fully saturated rings. The number of amides is 1. The fourth-order valence-corrected chi connectivity index (χ4v) is 3.13. The molecule has 0 heterocycles. The lowest BCUT2D eigenvalue weighted by molar-refractivity contribution is -0.124. The van der Waals surface area contributed by atoms with Crippen LogP contribution in [-0.2, 0) is 9.53 Å². The lowest BCUT2D eigenvalue weighted by Gasteiger charge is -2.28. The molecule has 0 aromatic rings. The Morgan fingerprint density at radius 2 is 1.75 bits per heavy atom. The van der Waals surface area contributed by atoms with E-state index in [1.807, 2.05) is 32.5 Å². The number of thioether (sulfide) groups is 1. The van der Waals surface area contributed by atoms with E-state index in [9.17, 15) is 9.59 Å². The van der Waals surface area contributed by atoms with Crippen LogP contribution in [0.4, 0.5) is 4.79 Å². The van der Waals surface area contributed by atoms with Crippen LogP contribution in [-0.4, -0.2) is 47.5 Å². The van der Waals surface area contributed by atoms with Crippen molar-refractivity contribution >= 4 is 23.6 Å². The van der Waals surface area contributed by atoms with Crippen molar-refractivity contribution in [3.05, 3.63) is 0 Å². The van der Waals surface area contributed by atoms with Crippen LogP contribution in [0, 0.1) is 5.92 Å². The average Bonchev–Trinajstić information content (AvgIpc) is 2.36. The standard InChI is InChI=1S/C15H27NO3S/c1-15(2,3)19-14(18)16(4)10-13(17)11-6-8-12(20-5)9-7-11/h11-12H,6-10H2,1-5H3. The molecule has 20 heavy (non-hydrogen) atoms. The topological polar surface area (TPSA) is 46.6 Å². The van der Waals surface area contributed by atoms with E-state index in [0.29, 0.717) is 5.25 Å². The van der Waals surface area contributed by atoms with Gasteiger partial charge in [0.15, 0.2) is 5.78 Å². The summed E-state index contributed by atoms with van der Waals surface area (Å²) in [5, 5.41) is 0.697. The van der Waals surface area contributed by atoms with Gasteiger partial charge in [0.1, 0.15) is 5.60 Å². The minimum Gasteiger partial charge on any atom is -0.444 e. The number of carbonyl (C=O) groups excluding carboxylic acids is 2. The highest BCUT2D eigenvalue weighted by atomic mass is 32.2. The second kappa shape index (κ2) is 7.34.